The van der Waals surface area contributed by atoms with E-state index in [9.17, 15) is 0 Å². The maximum Gasteiger partial charge on any atom is 0.0857 e. The summed E-state index contributed by atoms with van der Waals surface area (Å²) in [6.07, 6.45) is 1.73. The number of nitrogens with zero attached hydrogens (tertiary/aromatic N) is 2. The van der Waals surface area contributed by atoms with Crippen LogP contribution in [0.25, 0.3) is 0 Å². The van der Waals surface area contributed by atoms with E-state index in [0.29, 0.717) is 0 Å². The highest BCUT2D eigenvalue weighted by molar-refractivity contribution is 7.12. The minimum Gasteiger partial charge on any atom is -0.305 e. The molecule has 0 aliphatic heterocycles. The van der Waals surface area contributed by atoms with Gasteiger partial charge < -0.3 is 5.32 Å². The molecule has 3 nitrogen and oxygen atoms in total. The third-order valence-corrected chi connectivity index (χ3v) is 4.79. The van der Waals surface area contributed by atoms with Crippen LogP contribution in [0.1, 0.15) is 40.9 Å². The van der Waals surface area contributed by atoms with E-state index in [1.54, 1.807) is 6.20 Å². The molecule has 2 rings (SSSR count). The molecule has 0 aromatic carbocycles. The normalized spacial score (nSPS) is 12.9. The van der Waals surface area contributed by atoms with Crippen molar-refractivity contribution in [1.29, 1.82) is 0 Å². The van der Waals surface area contributed by atoms with Gasteiger partial charge in [0.1, 0.15) is 0 Å². The van der Waals surface area contributed by atoms with Crippen LogP contribution in [0.2, 0.25) is 5.02 Å². The summed E-state index contributed by atoms with van der Waals surface area (Å²) in [4.78, 5) is 2.66. The number of aromatic nitrogens is 2. The van der Waals surface area contributed by atoms with Crippen molar-refractivity contribution in [3.05, 3.63) is 38.3 Å². The number of nitrogens with one attached hydrogen (secondary N) is 1. The lowest BCUT2D eigenvalue weighted by atomic mass is 10.1. The largest absolute Gasteiger partial charge is 0.305 e. The van der Waals surface area contributed by atoms with Crippen LogP contribution in [-0.4, -0.2) is 16.3 Å². The molecule has 0 radical (unpaired) electrons. The highest BCUT2D eigenvalue weighted by Gasteiger charge is 2.22. The van der Waals surface area contributed by atoms with E-state index in [-0.39, 0.29) is 6.04 Å². The summed E-state index contributed by atoms with van der Waals surface area (Å²) >= 11 is 8.16. The molecule has 0 saturated heterocycles. The van der Waals surface area contributed by atoms with Crippen molar-refractivity contribution in [2.45, 2.75) is 40.3 Å². The molecule has 0 saturated carbocycles. The molecular weight excluding hydrogens is 278 g/mol. The second kappa shape index (κ2) is 6.07. The van der Waals surface area contributed by atoms with Gasteiger partial charge in [-0.1, -0.05) is 18.5 Å². The second-order valence-corrected chi connectivity index (χ2v) is 6.27. The van der Waals surface area contributed by atoms with Crippen LogP contribution in [0.4, 0.5) is 0 Å². The summed E-state index contributed by atoms with van der Waals surface area (Å²) in [5, 5.41) is 8.60. The van der Waals surface area contributed by atoms with Crippen molar-refractivity contribution in [2.24, 2.45) is 0 Å². The summed E-state index contributed by atoms with van der Waals surface area (Å²) in [6.45, 7) is 10.2. The van der Waals surface area contributed by atoms with Crippen molar-refractivity contribution >= 4 is 22.9 Å². The van der Waals surface area contributed by atoms with Crippen molar-refractivity contribution in [2.75, 3.05) is 6.54 Å². The highest BCUT2D eigenvalue weighted by atomic mass is 35.5. The topological polar surface area (TPSA) is 29.9 Å². The molecule has 0 spiro atoms. The lowest BCUT2D eigenvalue weighted by Gasteiger charge is -2.18. The van der Waals surface area contributed by atoms with E-state index < -0.39 is 0 Å². The molecule has 0 amide bonds. The van der Waals surface area contributed by atoms with E-state index in [1.807, 2.05) is 16.0 Å². The van der Waals surface area contributed by atoms with Gasteiger partial charge in [0.05, 0.1) is 23.0 Å². The van der Waals surface area contributed by atoms with Gasteiger partial charge in [-0.2, -0.15) is 5.10 Å². The average Bonchev–Trinajstić information content (AvgIpc) is 2.91. The Morgan fingerprint density at radius 2 is 2.16 bits per heavy atom. The molecule has 0 bridgehead atoms. The molecule has 1 N–H and O–H groups in total. The maximum absolute atomic E-state index is 6.33. The SMILES string of the molecule is CCNC(c1cc(C)c(C)s1)c1c(Cl)cnn1CC. The van der Waals surface area contributed by atoms with Crippen LogP contribution < -0.4 is 5.32 Å². The summed E-state index contributed by atoms with van der Waals surface area (Å²) in [7, 11) is 0. The molecule has 1 atom stereocenters. The van der Waals surface area contributed by atoms with Crippen LogP contribution >= 0.6 is 22.9 Å². The minimum atomic E-state index is 0.123. The van der Waals surface area contributed by atoms with E-state index in [0.717, 1.165) is 23.8 Å². The highest BCUT2D eigenvalue weighted by Crippen LogP contribution is 2.33. The third-order valence-electron chi connectivity index (χ3n) is 3.28. The summed E-state index contributed by atoms with van der Waals surface area (Å²) in [5.74, 6) is 0. The Bertz CT molecular complexity index is 540. The first kappa shape index (κ1) is 14.6. The number of hydrogen-bond donors (Lipinski definition) is 1. The van der Waals surface area contributed by atoms with Gasteiger partial charge in [-0.15, -0.1) is 11.3 Å². The van der Waals surface area contributed by atoms with E-state index in [1.165, 1.54) is 15.3 Å². The number of rotatable bonds is 5. The molecule has 0 aliphatic carbocycles. The standard InChI is InChI=1S/C14H20ClN3S/c1-5-16-13(12-7-9(3)10(4)19-12)14-11(15)8-17-18(14)6-2/h7-8,13,16H,5-6H2,1-4H3. The van der Waals surface area contributed by atoms with Crippen molar-refractivity contribution < 1.29 is 0 Å². The monoisotopic (exact) mass is 297 g/mol. The Balaban J connectivity index is 2.47. The van der Waals surface area contributed by atoms with Crippen molar-refractivity contribution in [3.8, 4) is 0 Å². The van der Waals surface area contributed by atoms with Crippen LogP contribution in [0.3, 0.4) is 0 Å². The number of thiophene rings is 1. The molecule has 5 heteroatoms. The van der Waals surface area contributed by atoms with Gasteiger partial charge in [0.15, 0.2) is 0 Å². The van der Waals surface area contributed by atoms with E-state index >= 15 is 0 Å². The number of hydrogen-bond acceptors (Lipinski definition) is 3. The predicted octanol–water partition coefficient (Wildman–Crippen LogP) is 3.93. The molecule has 2 aromatic heterocycles. The quantitative estimate of drug-likeness (QED) is 0.906. The molecule has 2 heterocycles. The first-order valence-corrected chi connectivity index (χ1v) is 7.79. The summed E-state index contributed by atoms with van der Waals surface area (Å²) in [5.41, 5.74) is 2.40. The fourth-order valence-corrected chi connectivity index (χ4v) is 3.56. The Labute approximate surface area is 123 Å². The van der Waals surface area contributed by atoms with Gasteiger partial charge in [0, 0.05) is 16.3 Å². The Morgan fingerprint density at radius 3 is 2.68 bits per heavy atom. The zero-order valence-corrected chi connectivity index (χ0v) is 13.4. The Kier molecular flexibility index (Phi) is 4.66. The number of aryl methyl sites for hydroxylation is 3. The third kappa shape index (κ3) is 2.86. The van der Waals surface area contributed by atoms with Gasteiger partial charge in [0.25, 0.3) is 0 Å². The second-order valence-electron chi connectivity index (χ2n) is 4.57. The van der Waals surface area contributed by atoms with Crippen LogP contribution in [-0.2, 0) is 6.54 Å². The average molecular weight is 298 g/mol. The van der Waals surface area contributed by atoms with Crippen molar-refractivity contribution in [1.82, 2.24) is 15.1 Å². The molecule has 104 valence electrons. The fourth-order valence-electron chi connectivity index (χ4n) is 2.19. The first-order valence-electron chi connectivity index (χ1n) is 6.60. The van der Waals surface area contributed by atoms with Crippen LogP contribution in [0.15, 0.2) is 12.3 Å². The minimum absolute atomic E-state index is 0.123. The van der Waals surface area contributed by atoms with Gasteiger partial charge in [-0.3, -0.25) is 4.68 Å². The van der Waals surface area contributed by atoms with Gasteiger partial charge in [-0.05, 0) is 38.9 Å². The molecule has 1 unspecified atom stereocenters. The first-order chi connectivity index (χ1) is 9.08. The Morgan fingerprint density at radius 1 is 1.42 bits per heavy atom. The van der Waals surface area contributed by atoms with Gasteiger partial charge in [0.2, 0.25) is 0 Å². The lowest BCUT2D eigenvalue weighted by molar-refractivity contribution is 0.547. The molecule has 2 aromatic rings. The van der Waals surface area contributed by atoms with Crippen LogP contribution in [0, 0.1) is 13.8 Å². The van der Waals surface area contributed by atoms with Crippen molar-refractivity contribution in [3.63, 3.8) is 0 Å². The summed E-state index contributed by atoms with van der Waals surface area (Å²) < 4.78 is 1.97. The van der Waals surface area contributed by atoms with E-state index in [2.05, 4.69) is 44.2 Å². The molecular formula is C14H20ClN3S. The Hall–Kier alpha value is -0.840. The summed E-state index contributed by atoms with van der Waals surface area (Å²) in [6, 6.07) is 2.37. The van der Waals surface area contributed by atoms with Crippen LogP contribution in [0.5, 0.6) is 0 Å². The van der Waals surface area contributed by atoms with E-state index in [4.69, 9.17) is 11.6 Å². The smallest absolute Gasteiger partial charge is 0.0857 e. The zero-order chi connectivity index (χ0) is 14.0. The fraction of sp³-hybridized carbons (Fsp3) is 0.500. The molecule has 0 aliphatic rings. The zero-order valence-electron chi connectivity index (χ0n) is 11.8. The predicted molar refractivity (Wildman–Crippen MR) is 82.2 cm³/mol. The molecule has 19 heavy (non-hydrogen) atoms. The van der Waals surface area contributed by atoms with Gasteiger partial charge >= 0.3 is 0 Å². The van der Waals surface area contributed by atoms with Gasteiger partial charge in [-0.25, -0.2) is 0 Å². The molecule has 0 fully saturated rings. The maximum atomic E-state index is 6.33. The number of halogens is 1. The lowest BCUT2D eigenvalue weighted by Crippen LogP contribution is -2.24.